The van der Waals surface area contributed by atoms with Crippen molar-refractivity contribution in [2.75, 3.05) is 26.7 Å². The first-order valence-corrected chi connectivity index (χ1v) is 6.73. The molecule has 1 aromatic rings. The van der Waals surface area contributed by atoms with Gasteiger partial charge in [-0.3, -0.25) is 9.59 Å². The molecule has 0 bridgehead atoms. The van der Waals surface area contributed by atoms with E-state index >= 15 is 0 Å². The monoisotopic (exact) mass is 288 g/mol. The van der Waals surface area contributed by atoms with Gasteiger partial charge in [0.2, 0.25) is 5.91 Å². The zero-order valence-corrected chi connectivity index (χ0v) is 12.6. The summed E-state index contributed by atoms with van der Waals surface area (Å²) in [6.45, 7) is 3.86. The van der Waals surface area contributed by atoms with Gasteiger partial charge in [-0.2, -0.15) is 0 Å². The molecule has 5 nitrogen and oxygen atoms in total. The molecule has 2 N–H and O–H groups in total. The lowest BCUT2D eigenvalue weighted by Gasteiger charge is -2.20. The topological polar surface area (TPSA) is 69.6 Å². The van der Waals surface area contributed by atoms with Crippen LogP contribution in [0.4, 0.5) is 0 Å². The van der Waals surface area contributed by atoms with Gasteiger partial charge >= 0.3 is 0 Å². The van der Waals surface area contributed by atoms with Gasteiger partial charge in [-0.15, -0.1) is 0 Å². The molecule has 0 fully saturated rings. The second kappa shape index (κ2) is 8.08. The van der Waals surface area contributed by atoms with Crippen molar-refractivity contribution in [2.24, 2.45) is 0 Å². The molecule has 0 aliphatic rings. The van der Waals surface area contributed by atoms with Crippen molar-refractivity contribution in [3.05, 3.63) is 34.9 Å². The number of likely N-dealkylation sites (N-methyl/N-ethyl adjacent to an activating group) is 2. The van der Waals surface area contributed by atoms with Gasteiger partial charge < -0.3 is 15.3 Å². The van der Waals surface area contributed by atoms with Crippen molar-refractivity contribution in [1.82, 2.24) is 10.2 Å². The van der Waals surface area contributed by atoms with E-state index in [0.29, 0.717) is 17.7 Å². The van der Waals surface area contributed by atoms with Crippen LogP contribution in [0, 0.1) is 18.8 Å². The van der Waals surface area contributed by atoms with Crippen LogP contribution in [0.3, 0.4) is 0 Å². The van der Waals surface area contributed by atoms with Crippen LogP contribution in [0.2, 0.25) is 0 Å². The van der Waals surface area contributed by atoms with E-state index in [-0.39, 0.29) is 25.0 Å². The minimum Gasteiger partial charge on any atom is -0.384 e. The second-order valence-electron chi connectivity index (χ2n) is 4.50. The Morgan fingerprint density at radius 1 is 1.38 bits per heavy atom. The predicted molar refractivity (Wildman–Crippen MR) is 80.8 cm³/mol. The average molecular weight is 288 g/mol. The number of nitrogens with zero attached hydrogens (tertiary/aromatic N) is 1. The Balaban J connectivity index is 3.14. The normalized spacial score (nSPS) is 9.52. The number of carbonyl (C=O) groups excluding carboxylic acids is 2. The summed E-state index contributed by atoms with van der Waals surface area (Å²) in [5.74, 6) is 4.85. The summed E-state index contributed by atoms with van der Waals surface area (Å²) in [4.78, 5) is 25.5. The van der Waals surface area contributed by atoms with E-state index in [0.717, 1.165) is 5.56 Å². The third-order valence-corrected chi connectivity index (χ3v) is 2.99. The van der Waals surface area contributed by atoms with Gasteiger partial charge in [-0.25, -0.2) is 0 Å². The number of benzene rings is 1. The fraction of sp³-hybridized carbons (Fsp3) is 0.375. The number of aryl methyl sites for hydroxylation is 1. The maximum atomic E-state index is 12.6. The molecule has 1 aromatic carbocycles. The molecule has 112 valence electrons. The van der Waals surface area contributed by atoms with E-state index in [1.807, 2.05) is 19.9 Å². The number of rotatable bonds is 4. The number of nitrogens with one attached hydrogen (secondary N) is 1. The highest BCUT2D eigenvalue weighted by Crippen LogP contribution is 2.14. The molecular weight excluding hydrogens is 268 g/mol. The van der Waals surface area contributed by atoms with E-state index < -0.39 is 0 Å². The third-order valence-electron chi connectivity index (χ3n) is 2.99. The number of hydrogen-bond acceptors (Lipinski definition) is 3. The van der Waals surface area contributed by atoms with Gasteiger partial charge in [0.25, 0.3) is 5.91 Å². The standard InChI is InChI=1S/C16H20N2O3/c1-4-18(11-15(20)17-3)16(21)14-10-12(2)7-8-13(14)6-5-9-19/h7-8,10,19H,4,9,11H2,1-3H3,(H,17,20). The van der Waals surface area contributed by atoms with Gasteiger partial charge in [0.05, 0.1) is 12.1 Å². The Morgan fingerprint density at radius 3 is 2.67 bits per heavy atom. The maximum absolute atomic E-state index is 12.6. The van der Waals surface area contributed by atoms with Crippen LogP contribution in [-0.4, -0.2) is 48.6 Å². The Kier molecular flexibility index (Phi) is 6.44. The molecule has 0 aromatic heterocycles. The van der Waals surface area contributed by atoms with Crippen molar-refractivity contribution in [3.63, 3.8) is 0 Å². The first kappa shape index (κ1) is 16.7. The van der Waals surface area contributed by atoms with E-state index in [9.17, 15) is 9.59 Å². The van der Waals surface area contributed by atoms with Gasteiger partial charge in [0, 0.05) is 19.2 Å². The highest BCUT2D eigenvalue weighted by Gasteiger charge is 2.19. The number of hydrogen-bond donors (Lipinski definition) is 2. The number of amides is 2. The zero-order chi connectivity index (χ0) is 15.8. The fourth-order valence-electron chi connectivity index (χ4n) is 1.83. The van der Waals surface area contributed by atoms with Crippen molar-refractivity contribution in [2.45, 2.75) is 13.8 Å². The van der Waals surface area contributed by atoms with Crippen molar-refractivity contribution in [1.29, 1.82) is 0 Å². The highest BCUT2D eigenvalue weighted by atomic mass is 16.2. The highest BCUT2D eigenvalue weighted by molar-refractivity contribution is 5.98. The summed E-state index contributed by atoms with van der Waals surface area (Å²) in [5.41, 5.74) is 1.93. The van der Waals surface area contributed by atoms with Gasteiger partial charge in [-0.1, -0.05) is 23.5 Å². The lowest BCUT2D eigenvalue weighted by Crippen LogP contribution is -2.39. The molecule has 0 radical (unpaired) electrons. The van der Waals surface area contributed by atoms with Gasteiger partial charge in [-0.05, 0) is 26.0 Å². The molecule has 0 atom stereocenters. The number of aliphatic hydroxyl groups excluding tert-OH is 1. The van der Waals surface area contributed by atoms with Gasteiger partial charge in [0.1, 0.15) is 6.61 Å². The first-order chi connectivity index (χ1) is 10.0. The van der Waals surface area contributed by atoms with Crippen molar-refractivity contribution < 1.29 is 14.7 Å². The first-order valence-electron chi connectivity index (χ1n) is 6.73. The van der Waals surface area contributed by atoms with Gasteiger partial charge in [0.15, 0.2) is 0 Å². The summed E-state index contributed by atoms with van der Waals surface area (Å²) < 4.78 is 0. The summed E-state index contributed by atoms with van der Waals surface area (Å²) in [6.07, 6.45) is 0. The van der Waals surface area contributed by atoms with Crippen LogP contribution in [0.5, 0.6) is 0 Å². The molecule has 0 unspecified atom stereocenters. The smallest absolute Gasteiger partial charge is 0.255 e. The zero-order valence-electron chi connectivity index (χ0n) is 12.6. The Hall–Kier alpha value is -2.32. The van der Waals surface area contributed by atoms with Crippen LogP contribution in [0.15, 0.2) is 18.2 Å². The van der Waals surface area contributed by atoms with Crippen LogP contribution in [-0.2, 0) is 4.79 Å². The predicted octanol–water partition coefficient (Wildman–Crippen LogP) is 0.547. The molecule has 2 amide bonds. The molecule has 0 aliphatic carbocycles. The lowest BCUT2D eigenvalue weighted by molar-refractivity contribution is -0.121. The average Bonchev–Trinajstić information content (AvgIpc) is 2.50. The number of carbonyl (C=O) groups is 2. The lowest BCUT2D eigenvalue weighted by atomic mass is 10.0. The molecule has 0 spiro atoms. The Labute approximate surface area is 125 Å². The summed E-state index contributed by atoms with van der Waals surface area (Å²) >= 11 is 0. The summed E-state index contributed by atoms with van der Waals surface area (Å²) in [7, 11) is 1.53. The fourth-order valence-corrected chi connectivity index (χ4v) is 1.83. The van der Waals surface area contributed by atoms with Crippen LogP contribution in [0.1, 0.15) is 28.4 Å². The van der Waals surface area contributed by atoms with Crippen LogP contribution >= 0.6 is 0 Å². The minimum absolute atomic E-state index is 0.00659. The molecule has 21 heavy (non-hydrogen) atoms. The largest absolute Gasteiger partial charge is 0.384 e. The van der Waals surface area contributed by atoms with E-state index in [4.69, 9.17) is 5.11 Å². The van der Waals surface area contributed by atoms with E-state index in [1.165, 1.54) is 11.9 Å². The van der Waals surface area contributed by atoms with Crippen LogP contribution in [0.25, 0.3) is 0 Å². The van der Waals surface area contributed by atoms with Crippen LogP contribution < -0.4 is 5.32 Å². The maximum Gasteiger partial charge on any atom is 0.255 e. The van der Waals surface area contributed by atoms with Crippen molar-refractivity contribution >= 4 is 11.8 Å². The molecule has 0 saturated heterocycles. The molecule has 1 rings (SSSR count). The molecular formula is C16H20N2O3. The molecule has 0 heterocycles. The quantitative estimate of drug-likeness (QED) is 0.795. The molecule has 0 saturated carbocycles. The molecule has 5 heteroatoms. The summed E-state index contributed by atoms with van der Waals surface area (Å²) in [5, 5.41) is 11.3. The van der Waals surface area contributed by atoms with E-state index in [1.54, 1.807) is 12.1 Å². The number of aliphatic hydroxyl groups is 1. The van der Waals surface area contributed by atoms with E-state index in [2.05, 4.69) is 17.2 Å². The van der Waals surface area contributed by atoms with Crippen molar-refractivity contribution in [3.8, 4) is 11.8 Å². The third kappa shape index (κ3) is 4.62. The minimum atomic E-state index is -0.267. The Bertz CT molecular complexity index is 585. The second-order valence-corrected chi connectivity index (χ2v) is 4.50. The SMILES string of the molecule is CCN(CC(=O)NC)C(=O)c1cc(C)ccc1C#CCO. The molecule has 0 aliphatic heterocycles. The Morgan fingerprint density at radius 2 is 2.10 bits per heavy atom. The summed E-state index contributed by atoms with van der Waals surface area (Å²) in [6, 6.07) is 5.35.